The van der Waals surface area contributed by atoms with Gasteiger partial charge in [-0.05, 0) is 30.2 Å². The van der Waals surface area contributed by atoms with E-state index in [2.05, 4.69) is 24.3 Å². The number of benzene rings is 1. The van der Waals surface area contributed by atoms with Crippen LogP contribution in [0.2, 0.25) is 0 Å². The molecule has 0 fully saturated rings. The van der Waals surface area contributed by atoms with Crippen molar-refractivity contribution in [3.63, 3.8) is 0 Å². The van der Waals surface area contributed by atoms with Gasteiger partial charge in [-0.1, -0.05) is 32.9 Å². The summed E-state index contributed by atoms with van der Waals surface area (Å²) in [7, 11) is 1.63. The summed E-state index contributed by atoms with van der Waals surface area (Å²) >= 11 is 0. The number of hydrogen-bond acceptors (Lipinski definition) is 4. The fourth-order valence-electron chi connectivity index (χ4n) is 2.48. The van der Waals surface area contributed by atoms with Gasteiger partial charge >= 0.3 is 0 Å². The van der Waals surface area contributed by atoms with Gasteiger partial charge in [0.2, 0.25) is 0 Å². The van der Waals surface area contributed by atoms with Crippen molar-refractivity contribution in [1.29, 1.82) is 0 Å². The Kier molecular flexibility index (Phi) is 5.96. The molecule has 25 heavy (non-hydrogen) atoms. The van der Waals surface area contributed by atoms with Crippen LogP contribution in [0, 0.1) is 0 Å². The highest BCUT2D eigenvalue weighted by Crippen LogP contribution is 2.24. The first-order valence-corrected chi connectivity index (χ1v) is 8.38. The van der Waals surface area contributed by atoms with E-state index in [1.54, 1.807) is 7.11 Å². The number of nitrogens with one attached hydrogen (secondary N) is 1. The molecule has 2 rings (SSSR count). The number of rotatable bonds is 7. The monoisotopic (exact) mass is 343 g/mol. The Labute approximate surface area is 147 Å². The Morgan fingerprint density at radius 3 is 2.48 bits per heavy atom. The molecular weight excluding hydrogens is 318 g/mol. The van der Waals surface area contributed by atoms with Crippen LogP contribution < -0.4 is 15.6 Å². The molecule has 1 amide bonds. The number of methoxy groups -OCH3 is 1. The number of hydrogen-bond donors (Lipinski definition) is 1. The number of aromatic nitrogens is 2. The molecule has 0 aliphatic heterocycles. The van der Waals surface area contributed by atoms with Crippen LogP contribution in [-0.2, 0) is 12.0 Å². The topological polar surface area (TPSA) is 73.2 Å². The molecule has 0 atom stereocenters. The molecular formula is C19H25N3O3. The second-order valence-electron chi connectivity index (χ2n) is 6.58. The zero-order valence-electron chi connectivity index (χ0n) is 15.2. The third-order valence-electron chi connectivity index (χ3n) is 4.10. The van der Waals surface area contributed by atoms with E-state index < -0.39 is 0 Å². The molecule has 0 saturated heterocycles. The van der Waals surface area contributed by atoms with Gasteiger partial charge in [0.05, 0.1) is 7.11 Å². The van der Waals surface area contributed by atoms with Gasteiger partial charge in [0.25, 0.3) is 11.5 Å². The highest BCUT2D eigenvalue weighted by atomic mass is 16.5. The van der Waals surface area contributed by atoms with Crippen LogP contribution >= 0.6 is 0 Å². The molecule has 1 heterocycles. The van der Waals surface area contributed by atoms with E-state index in [4.69, 9.17) is 4.74 Å². The average molecular weight is 343 g/mol. The van der Waals surface area contributed by atoms with E-state index in [0.29, 0.717) is 13.1 Å². The molecule has 1 aromatic heterocycles. The van der Waals surface area contributed by atoms with Crippen molar-refractivity contribution in [3.8, 4) is 5.75 Å². The van der Waals surface area contributed by atoms with Gasteiger partial charge in [-0.2, -0.15) is 5.10 Å². The standard InChI is InChI=1S/C19H25N3O3/c1-5-12-22-17(23)11-10-16(21-22)18(24)20-13-19(2,3)14-6-8-15(25-4)9-7-14/h6-11H,5,12-13H2,1-4H3,(H,20,24). The van der Waals surface area contributed by atoms with E-state index in [1.807, 2.05) is 31.2 Å². The van der Waals surface area contributed by atoms with E-state index in [9.17, 15) is 9.59 Å². The van der Waals surface area contributed by atoms with E-state index in [1.165, 1.54) is 16.8 Å². The maximum Gasteiger partial charge on any atom is 0.271 e. The van der Waals surface area contributed by atoms with Gasteiger partial charge in [0.1, 0.15) is 11.4 Å². The van der Waals surface area contributed by atoms with E-state index in [-0.39, 0.29) is 22.6 Å². The van der Waals surface area contributed by atoms with E-state index >= 15 is 0 Å². The fourth-order valence-corrected chi connectivity index (χ4v) is 2.48. The molecule has 0 bridgehead atoms. The summed E-state index contributed by atoms with van der Waals surface area (Å²) in [5.74, 6) is 0.511. The van der Waals surface area contributed by atoms with Crippen LogP contribution in [0.1, 0.15) is 43.2 Å². The smallest absolute Gasteiger partial charge is 0.271 e. The normalized spacial score (nSPS) is 11.2. The second-order valence-corrected chi connectivity index (χ2v) is 6.58. The highest BCUT2D eigenvalue weighted by molar-refractivity contribution is 5.92. The van der Waals surface area contributed by atoms with Gasteiger partial charge in [-0.25, -0.2) is 4.68 Å². The lowest BCUT2D eigenvalue weighted by Gasteiger charge is -2.25. The first-order chi connectivity index (χ1) is 11.9. The lowest BCUT2D eigenvalue weighted by Crippen LogP contribution is -2.38. The number of amides is 1. The maximum atomic E-state index is 12.4. The summed E-state index contributed by atoms with van der Waals surface area (Å²) in [5, 5.41) is 7.04. The van der Waals surface area contributed by atoms with Crippen molar-refractivity contribution >= 4 is 5.91 Å². The molecule has 0 unspecified atom stereocenters. The molecule has 1 N–H and O–H groups in total. The first kappa shape index (κ1) is 18.7. The van der Waals surface area contributed by atoms with Gasteiger partial charge in [-0.3, -0.25) is 9.59 Å². The third kappa shape index (κ3) is 4.68. The average Bonchev–Trinajstić information content (AvgIpc) is 2.62. The minimum atomic E-state index is -0.286. The summed E-state index contributed by atoms with van der Waals surface area (Å²) in [6, 6.07) is 10.6. The van der Waals surface area contributed by atoms with Crippen LogP contribution in [0.3, 0.4) is 0 Å². The quantitative estimate of drug-likeness (QED) is 0.838. The molecule has 0 aliphatic carbocycles. The van der Waals surface area contributed by atoms with Gasteiger partial charge in [0, 0.05) is 24.6 Å². The lowest BCUT2D eigenvalue weighted by atomic mass is 9.84. The lowest BCUT2D eigenvalue weighted by molar-refractivity contribution is 0.0938. The van der Waals surface area contributed by atoms with Gasteiger partial charge in [0.15, 0.2) is 0 Å². The zero-order valence-corrected chi connectivity index (χ0v) is 15.2. The molecule has 0 spiro atoms. The summed E-state index contributed by atoms with van der Waals surface area (Å²) in [6.07, 6.45) is 0.780. The van der Waals surface area contributed by atoms with Crippen molar-refractivity contribution < 1.29 is 9.53 Å². The third-order valence-corrected chi connectivity index (χ3v) is 4.10. The summed E-state index contributed by atoms with van der Waals surface area (Å²) in [4.78, 5) is 24.1. The summed E-state index contributed by atoms with van der Waals surface area (Å²) in [6.45, 7) is 7.02. The molecule has 1 aromatic carbocycles. The number of aryl methyl sites for hydroxylation is 1. The first-order valence-electron chi connectivity index (χ1n) is 8.38. The Morgan fingerprint density at radius 2 is 1.88 bits per heavy atom. The summed E-state index contributed by atoms with van der Waals surface area (Å²) < 4.78 is 6.50. The number of nitrogens with zero attached hydrogens (tertiary/aromatic N) is 2. The molecule has 0 saturated carbocycles. The number of carbonyl (C=O) groups is 1. The summed E-state index contributed by atoms with van der Waals surface area (Å²) in [5.41, 5.74) is 0.896. The van der Waals surface area contributed by atoms with E-state index in [0.717, 1.165) is 17.7 Å². The number of carbonyl (C=O) groups excluding carboxylic acids is 1. The predicted octanol–water partition coefficient (Wildman–Crippen LogP) is 2.37. The van der Waals surface area contributed by atoms with Gasteiger partial charge < -0.3 is 10.1 Å². The predicted molar refractivity (Wildman–Crippen MR) is 97.1 cm³/mol. The van der Waals surface area contributed by atoms with Crippen molar-refractivity contribution in [2.24, 2.45) is 0 Å². The second kappa shape index (κ2) is 7.96. The Balaban J connectivity index is 2.07. The minimum Gasteiger partial charge on any atom is -0.497 e. The van der Waals surface area contributed by atoms with Crippen LogP contribution in [-0.4, -0.2) is 29.3 Å². The van der Waals surface area contributed by atoms with Crippen molar-refractivity contribution in [2.45, 2.75) is 39.2 Å². The molecule has 2 aromatic rings. The molecule has 134 valence electrons. The Morgan fingerprint density at radius 1 is 1.20 bits per heavy atom. The number of ether oxygens (including phenoxy) is 1. The van der Waals surface area contributed by atoms with Crippen LogP contribution in [0.4, 0.5) is 0 Å². The molecule has 6 nitrogen and oxygen atoms in total. The van der Waals surface area contributed by atoms with Gasteiger partial charge in [-0.15, -0.1) is 0 Å². The fraction of sp³-hybridized carbons (Fsp3) is 0.421. The highest BCUT2D eigenvalue weighted by Gasteiger charge is 2.22. The Hall–Kier alpha value is -2.63. The SMILES string of the molecule is CCCn1nc(C(=O)NCC(C)(C)c2ccc(OC)cc2)ccc1=O. The molecule has 6 heteroatoms. The van der Waals surface area contributed by atoms with Crippen LogP contribution in [0.15, 0.2) is 41.2 Å². The molecule has 0 aliphatic rings. The van der Waals surface area contributed by atoms with Crippen LogP contribution in [0.25, 0.3) is 0 Å². The zero-order chi connectivity index (χ0) is 18.4. The van der Waals surface area contributed by atoms with Crippen molar-refractivity contribution in [3.05, 3.63) is 58.0 Å². The maximum absolute atomic E-state index is 12.4. The van der Waals surface area contributed by atoms with Crippen LogP contribution in [0.5, 0.6) is 5.75 Å². The van der Waals surface area contributed by atoms with Crippen molar-refractivity contribution in [2.75, 3.05) is 13.7 Å². The molecule has 0 radical (unpaired) electrons. The Bertz CT molecular complexity index is 779. The van der Waals surface area contributed by atoms with Crippen molar-refractivity contribution in [1.82, 2.24) is 15.1 Å². The largest absolute Gasteiger partial charge is 0.497 e. The minimum absolute atomic E-state index is 0.197.